The summed E-state index contributed by atoms with van der Waals surface area (Å²) in [6.45, 7) is 4.14. The molecule has 3 heterocycles. The zero-order valence-corrected chi connectivity index (χ0v) is 20.9. The third kappa shape index (κ3) is 5.45. The van der Waals surface area contributed by atoms with E-state index >= 15 is 0 Å². The Morgan fingerprint density at radius 1 is 1.03 bits per heavy atom. The van der Waals surface area contributed by atoms with Gasteiger partial charge in [0.05, 0.1) is 0 Å². The molecule has 2 aliphatic heterocycles. The van der Waals surface area contributed by atoms with E-state index in [0.717, 1.165) is 46.6 Å². The summed E-state index contributed by atoms with van der Waals surface area (Å²) >= 11 is 0. The Morgan fingerprint density at radius 2 is 1.81 bits per heavy atom. The average molecular weight is 495 g/mol. The number of carbonyl (C=O) groups is 3. The molecule has 1 saturated heterocycles. The van der Waals surface area contributed by atoms with E-state index in [4.69, 9.17) is 0 Å². The van der Waals surface area contributed by atoms with E-state index in [-0.39, 0.29) is 17.7 Å². The molecule has 3 aromatic rings. The molecule has 0 spiro atoms. The van der Waals surface area contributed by atoms with Crippen molar-refractivity contribution in [3.63, 3.8) is 0 Å². The summed E-state index contributed by atoms with van der Waals surface area (Å²) in [6.07, 6.45) is 7.33. The number of hydrogen-bond acceptors (Lipinski definition) is 4. The number of aryl methyl sites for hydroxylation is 1. The van der Waals surface area contributed by atoms with Gasteiger partial charge in [-0.1, -0.05) is 30.3 Å². The molecular formula is C30H30N4O3. The zero-order chi connectivity index (χ0) is 25.8. The van der Waals surface area contributed by atoms with Crippen molar-refractivity contribution in [2.45, 2.75) is 39.3 Å². The molecule has 188 valence electrons. The van der Waals surface area contributed by atoms with Gasteiger partial charge in [0.1, 0.15) is 0 Å². The van der Waals surface area contributed by atoms with Crippen LogP contribution in [0.15, 0.2) is 66.9 Å². The van der Waals surface area contributed by atoms with Crippen LogP contribution in [0, 0.1) is 6.92 Å². The number of fused-ring (bicyclic) bond motifs is 1. The van der Waals surface area contributed by atoms with Gasteiger partial charge in [-0.3, -0.25) is 19.4 Å². The Hall–Kier alpha value is -4.26. The van der Waals surface area contributed by atoms with Crippen LogP contribution in [0.1, 0.15) is 51.1 Å². The number of amides is 3. The lowest BCUT2D eigenvalue weighted by molar-refractivity contribution is -0.117. The summed E-state index contributed by atoms with van der Waals surface area (Å²) in [5.74, 6) is -0.0623. The predicted molar refractivity (Wildman–Crippen MR) is 143 cm³/mol. The number of nitrogens with zero attached hydrogens (tertiary/aromatic N) is 3. The van der Waals surface area contributed by atoms with Crippen LogP contribution < -0.4 is 10.2 Å². The SMILES string of the molecule is Cc1ncc2c(c1CNC(=O)C=Cc1ccccc1)CCN(C(=O)c1ccc(N3CCCC3=O)cc1)C2. The maximum atomic E-state index is 13.2. The van der Waals surface area contributed by atoms with Crippen molar-refractivity contribution >= 4 is 29.5 Å². The third-order valence-corrected chi connectivity index (χ3v) is 7.05. The number of pyridine rings is 1. The number of nitrogens with one attached hydrogen (secondary N) is 1. The summed E-state index contributed by atoms with van der Waals surface area (Å²) in [5, 5.41) is 2.98. The van der Waals surface area contributed by atoms with Gasteiger partial charge in [0.25, 0.3) is 5.91 Å². The van der Waals surface area contributed by atoms with Gasteiger partial charge < -0.3 is 15.1 Å². The van der Waals surface area contributed by atoms with Crippen LogP contribution in [0.3, 0.4) is 0 Å². The molecule has 1 N–H and O–H groups in total. The van der Waals surface area contributed by atoms with Crippen molar-refractivity contribution in [2.24, 2.45) is 0 Å². The first kappa shape index (κ1) is 24.4. The Morgan fingerprint density at radius 3 is 2.54 bits per heavy atom. The third-order valence-electron chi connectivity index (χ3n) is 7.05. The quantitative estimate of drug-likeness (QED) is 0.525. The van der Waals surface area contributed by atoms with E-state index in [9.17, 15) is 14.4 Å². The monoisotopic (exact) mass is 494 g/mol. The molecule has 0 atom stereocenters. The molecule has 0 aliphatic carbocycles. The van der Waals surface area contributed by atoms with Gasteiger partial charge in [-0.15, -0.1) is 0 Å². The van der Waals surface area contributed by atoms with E-state index in [1.54, 1.807) is 29.2 Å². The van der Waals surface area contributed by atoms with Crippen LogP contribution in [0.4, 0.5) is 5.69 Å². The van der Waals surface area contributed by atoms with Crippen LogP contribution in [-0.2, 0) is 29.1 Å². The molecule has 5 rings (SSSR count). The maximum Gasteiger partial charge on any atom is 0.254 e. The maximum absolute atomic E-state index is 13.2. The van der Waals surface area contributed by atoms with Crippen LogP contribution in [0.2, 0.25) is 0 Å². The van der Waals surface area contributed by atoms with E-state index in [1.165, 1.54) is 0 Å². The highest BCUT2D eigenvalue weighted by Gasteiger charge is 2.26. The minimum absolute atomic E-state index is 0.0357. The molecular weight excluding hydrogens is 464 g/mol. The van der Waals surface area contributed by atoms with Crippen molar-refractivity contribution in [2.75, 3.05) is 18.0 Å². The van der Waals surface area contributed by atoms with Crippen molar-refractivity contribution in [1.82, 2.24) is 15.2 Å². The van der Waals surface area contributed by atoms with E-state index in [1.807, 2.05) is 60.5 Å². The topological polar surface area (TPSA) is 82.6 Å². The first-order valence-electron chi connectivity index (χ1n) is 12.7. The lowest BCUT2D eigenvalue weighted by Crippen LogP contribution is -2.37. The lowest BCUT2D eigenvalue weighted by atomic mass is 9.94. The van der Waals surface area contributed by atoms with E-state index < -0.39 is 0 Å². The standard InChI is InChI=1S/C30H30N4O3/c1-21-27(19-32-28(35)14-9-22-6-3-2-4-7-22)26-15-17-33(20-24(26)18-31-21)30(37)23-10-12-25(13-11-23)34-16-5-8-29(34)36/h2-4,6-7,9-14,18H,5,8,15-17,19-20H2,1H3,(H,32,35). The first-order chi connectivity index (χ1) is 18.0. The second kappa shape index (κ2) is 10.8. The number of rotatable bonds is 6. The summed E-state index contributed by atoms with van der Waals surface area (Å²) < 4.78 is 0. The number of benzene rings is 2. The summed E-state index contributed by atoms with van der Waals surface area (Å²) in [6, 6.07) is 17.0. The zero-order valence-electron chi connectivity index (χ0n) is 20.9. The fraction of sp³-hybridized carbons (Fsp3) is 0.267. The average Bonchev–Trinajstić information content (AvgIpc) is 3.37. The fourth-order valence-electron chi connectivity index (χ4n) is 4.99. The van der Waals surface area contributed by atoms with Crippen molar-refractivity contribution in [1.29, 1.82) is 0 Å². The highest BCUT2D eigenvalue weighted by molar-refractivity contribution is 5.97. The first-order valence-corrected chi connectivity index (χ1v) is 12.7. The highest BCUT2D eigenvalue weighted by Crippen LogP contribution is 2.26. The molecule has 37 heavy (non-hydrogen) atoms. The summed E-state index contributed by atoms with van der Waals surface area (Å²) in [5.41, 5.74) is 6.49. The molecule has 0 saturated carbocycles. The Bertz CT molecular complexity index is 1350. The molecule has 3 amide bonds. The molecule has 7 nitrogen and oxygen atoms in total. The summed E-state index contributed by atoms with van der Waals surface area (Å²) in [7, 11) is 0. The van der Waals surface area contributed by atoms with Crippen molar-refractivity contribution in [3.05, 3.63) is 100 Å². The second-order valence-electron chi connectivity index (χ2n) is 9.46. The Labute approximate surface area is 216 Å². The number of hydrogen-bond donors (Lipinski definition) is 1. The van der Waals surface area contributed by atoms with Crippen LogP contribution in [-0.4, -0.2) is 40.7 Å². The minimum Gasteiger partial charge on any atom is -0.348 e. The van der Waals surface area contributed by atoms with Gasteiger partial charge in [-0.25, -0.2) is 0 Å². The van der Waals surface area contributed by atoms with Gasteiger partial charge in [-0.2, -0.15) is 0 Å². The van der Waals surface area contributed by atoms with Crippen LogP contribution in [0.25, 0.3) is 6.08 Å². The number of aromatic nitrogens is 1. The van der Waals surface area contributed by atoms with E-state index in [0.29, 0.717) is 38.0 Å². The number of carbonyl (C=O) groups excluding carboxylic acids is 3. The Balaban J connectivity index is 1.24. The van der Waals surface area contributed by atoms with Gasteiger partial charge in [0.15, 0.2) is 0 Å². The molecule has 7 heteroatoms. The Kier molecular flexibility index (Phi) is 7.12. The second-order valence-corrected chi connectivity index (χ2v) is 9.46. The molecule has 0 radical (unpaired) electrons. The molecule has 0 bridgehead atoms. The fourth-order valence-corrected chi connectivity index (χ4v) is 4.99. The van der Waals surface area contributed by atoms with Crippen molar-refractivity contribution < 1.29 is 14.4 Å². The van der Waals surface area contributed by atoms with Gasteiger partial charge in [-0.05, 0) is 72.4 Å². The smallest absolute Gasteiger partial charge is 0.254 e. The number of anilines is 1. The summed E-state index contributed by atoms with van der Waals surface area (Å²) in [4.78, 5) is 45.8. The minimum atomic E-state index is -0.160. The predicted octanol–water partition coefficient (Wildman–Crippen LogP) is 4.04. The molecule has 0 unspecified atom stereocenters. The van der Waals surface area contributed by atoms with Crippen molar-refractivity contribution in [3.8, 4) is 0 Å². The van der Waals surface area contributed by atoms with E-state index in [2.05, 4.69) is 10.3 Å². The largest absolute Gasteiger partial charge is 0.348 e. The normalized spacial score (nSPS) is 15.2. The van der Waals surface area contributed by atoms with Gasteiger partial charge in [0.2, 0.25) is 11.8 Å². The van der Waals surface area contributed by atoms with Gasteiger partial charge in [0, 0.05) is 61.8 Å². The molecule has 2 aliphatic rings. The van der Waals surface area contributed by atoms with Gasteiger partial charge >= 0.3 is 0 Å². The lowest BCUT2D eigenvalue weighted by Gasteiger charge is -2.30. The van der Waals surface area contributed by atoms with Crippen LogP contribution >= 0.6 is 0 Å². The highest BCUT2D eigenvalue weighted by atomic mass is 16.2. The molecule has 1 fully saturated rings. The van der Waals surface area contributed by atoms with Crippen LogP contribution in [0.5, 0.6) is 0 Å². The molecule has 2 aromatic carbocycles. The molecule has 1 aromatic heterocycles.